The van der Waals surface area contributed by atoms with Gasteiger partial charge in [0.1, 0.15) is 0 Å². The normalized spacial score (nSPS) is 28.1. The lowest BCUT2D eigenvalue weighted by Crippen LogP contribution is -2.41. The van der Waals surface area contributed by atoms with Gasteiger partial charge in [0.2, 0.25) is 5.56 Å². The van der Waals surface area contributed by atoms with Crippen LogP contribution in [0.25, 0.3) is 0 Å². The lowest BCUT2D eigenvalue weighted by molar-refractivity contribution is 0.193. The highest BCUT2D eigenvalue weighted by atomic mass is 16.1. The van der Waals surface area contributed by atoms with Crippen molar-refractivity contribution in [3.63, 3.8) is 0 Å². The molecule has 2 atom stereocenters. The summed E-state index contributed by atoms with van der Waals surface area (Å²) in [5, 5.41) is 3.61. The molecule has 1 aromatic heterocycles. The fourth-order valence-electron chi connectivity index (χ4n) is 3.31. The largest absolute Gasteiger partial charge is 0.379 e. The van der Waals surface area contributed by atoms with Crippen molar-refractivity contribution in [3.05, 3.63) is 28.7 Å². The first-order valence-electron chi connectivity index (χ1n) is 6.91. The second-order valence-electron chi connectivity index (χ2n) is 5.51. The van der Waals surface area contributed by atoms with Crippen molar-refractivity contribution in [3.8, 4) is 0 Å². The molecule has 2 saturated heterocycles. The number of fused-ring (bicyclic) bond motifs is 1. The van der Waals surface area contributed by atoms with Crippen molar-refractivity contribution in [2.75, 3.05) is 18.4 Å². The summed E-state index contributed by atoms with van der Waals surface area (Å²) in [6.45, 7) is 2.48. The standard InChI is InChI=1S/C14H21N3O/c1-16-10-11(5-6-14(16)18)15-12-7-9-17-8-3-2-4-13(12)17/h5-6,10,12-13,15H,2-4,7-9H2,1H3. The fraction of sp³-hybridized carbons (Fsp3) is 0.643. The van der Waals surface area contributed by atoms with Gasteiger partial charge in [-0.2, -0.15) is 0 Å². The molecule has 0 bridgehead atoms. The summed E-state index contributed by atoms with van der Waals surface area (Å²) in [7, 11) is 1.80. The third-order valence-corrected chi connectivity index (χ3v) is 4.29. The van der Waals surface area contributed by atoms with Crippen LogP contribution >= 0.6 is 0 Å². The zero-order chi connectivity index (χ0) is 12.5. The Labute approximate surface area is 108 Å². The van der Waals surface area contributed by atoms with Crippen LogP contribution in [0.2, 0.25) is 0 Å². The first-order chi connectivity index (χ1) is 8.74. The van der Waals surface area contributed by atoms with E-state index in [0.29, 0.717) is 12.1 Å². The molecular formula is C14H21N3O. The quantitative estimate of drug-likeness (QED) is 0.859. The molecule has 0 amide bonds. The molecule has 0 aromatic carbocycles. The number of pyridine rings is 1. The molecule has 0 aliphatic carbocycles. The second kappa shape index (κ2) is 4.76. The van der Waals surface area contributed by atoms with E-state index in [-0.39, 0.29) is 5.56 Å². The average Bonchev–Trinajstić information content (AvgIpc) is 2.78. The van der Waals surface area contributed by atoms with Gasteiger partial charge in [-0.25, -0.2) is 0 Å². The molecule has 1 aromatic rings. The molecule has 0 spiro atoms. The second-order valence-corrected chi connectivity index (χ2v) is 5.51. The Morgan fingerprint density at radius 1 is 1.22 bits per heavy atom. The Hall–Kier alpha value is -1.29. The molecule has 0 radical (unpaired) electrons. The van der Waals surface area contributed by atoms with Gasteiger partial charge in [-0.15, -0.1) is 0 Å². The number of anilines is 1. The van der Waals surface area contributed by atoms with Gasteiger partial charge in [-0.05, 0) is 31.9 Å². The van der Waals surface area contributed by atoms with E-state index in [9.17, 15) is 4.79 Å². The molecule has 98 valence electrons. The van der Waals surface area contributed by atoms with Crippen LogP contribution < -0.4 is 10.9 Å². The van der Waals surface area contributed by atoms with Gasteiger partial charge in [0.15, 0.2) is 0 Å². The van der Waals surface area contributed by atoms with Gasteiger partial charge >= 0.3 is 0 Å². The van der Waals surface area contributed by atoms with E-state index in [4.69, 9.17) is 0 Å². The lowest BCUT2D eigenvalue weighted by atomic mass is 9.99. The molecule has 4 nitrogen and oxygen atoms in total. The van der Waals surface area contributed by atoms with Crippen LogP contribution in [0.4, 0.5) is 5.69 Å². The molecule has 2 unspecified atom stereocenters. The van der Waals surface area contributed by atoms with Crippen LogP contribution in [-0.2, 0) is 7.05 Å². The van der Waals surface area contributed by atoms with Gasteiger partial charge in [0.25, 0.3) is 0 Å². The number of nitrogens with zero attached hydrogens (tertiary/aromatic N) is 2. The van der Waals surface area contributed by atoms with Gasteiger partial charge in [-0.1, -0.05) is 6.42 Å². The van der Waals surface area contributed by atoms with E-state index in [1.807, 2.05) is 12.3 Å². The summed E-state index contributed by atoms with van der Waals surface area (Å²) in [4.78, 5) is 14.0. The number of hydrogen-bond acceptors (Lipinski definition) is 3. The maximum atomic E-state index is 11.4. The number of aryl methyl sites for hydroxylation is 1. The SMILES string of the molecule is Cn1cc(NC2CCN3CCCCC23)ccc1=O. The van der Waals surface area contributed by atoms with Gasteiger partial charge in [0, 0.05) is 37.9 Å². The average molecular weight is 247 g/mol. The predicted octanol–water partition coefficient (Wildman–Crippen LogP) is 1.42. The van der Waals surface area contributed by atoms with Crippen molar-refractivity contribution in [2.24, 2.45) is 7.05 Å². The Balaban J connectivity index is 1.72. The number of nitrogens with one attached hydrogen (secondary N) is 1. The smallest absolute Gasteiger partial charge is 0.250 e. The highest BCUT2D eigenvalue weighted by Gasteiger charge is 2.35. The minimum atomic E-state index is 0.0475. The van der Waals surface area contributed by atoms with Crippen molar-refractivity contribution < 1.29 is 0 Å². The number of aromatic nitrogens is 1. The lowest BCUT2D eigenvalue weighted by Gasteiger charge is -2.33. The molecule has 3 rings (SSSR count). The van der Waals surface area contributed by atoms with Gasteiger partial charge in [0.05, 0.1) is 5.69 Å². The van der Waals surface area contributed by atoms with Gasteiger partial charge < -0.3 is 9.88 Å². The summed E-state index contributed by atoms with van der Waals surface area (Å²) in [5.41, 5.74) is 1.11. The van der Waals surface area contributed by atoms with Crippen molar-refractivity contribution >= 4 is 5.69 Å². The fourth-order valence-corrected chi connectivity index (χ4v) is 3.31. The summed E-state index contributed by atoms with van der Waals surface area (Å²) >= 11 is 0. The van der Waals surface area contributed by atoms with Gasteiger partial charge in [-0.3, -0.25) is 9.69 Å². The minimum Gasteiger partial charge on any atom is -0.379 e. The molecule has 0 saturated carbocycles. The number of piperidine rings is 1. The molecule has 18 heavy (non-hydrogen) atoms. The molecule has 1 N–H and O–H groups in total. The van der Waals surface area contributed by atoms with E-state index in [1.54, 1.807) is 17.7 Å². The summed E-state index contributed by atoms with van der Waals surface area (Å²) in [5.74, 6) is 0. The highest BCUT2D eigenvalue weighted by Crippen LogP contribution is 2.29. The zero-order valence-electron chi connectivity index (χ0n) is 10.9. The monoisotopic (exact) mass is 247 g/mol. The highest BCUT2D eigenvalue weighted by molar-refractivity contribution is 5.42. The van der Waals surface area contributed by atoms with E-state index < -0.39 is 0 Å². The van der Waals surface area contributed by atoms with Crippen LogP contribution in [0.15, 0.2) is 23.1 Å². The van der Waals surface area contributed by atoms with E-state index in [0.717, 1.165) is 5.69 Å². The van der Waals surface area contributed by atoms with E-state index in [1.165, 1.54) is 38.8 Å². The molecule has 4 heteroatoms. The van der Waals surface area contributed by atoms with Crippen LogP contribution in [0.3, 0.4) is 0 Å². The molecule has 2 fully saturated rings. The van der Waals surface area contributed by atoms with Crippen LogP contribution in [0.5, 0.6) is 0 Å². The molecule has 2 aliphatic heterocycles. The topological polar surface area (TPSA) is 37.3 Å². The van der Waals surface area contributed by atoms with Crippen molar-refractivity contribution in [1.82, 2.24) is 9.47 Å². The first kappa shape index (κ1) is 11.8. The zero-order valence-corrected chi connectivity index (χ0v) is 10.9. The molecule has 2 aliphatic rings. The Morgan fingerprint density at radius 3 is 2.94 bits per heavy atom. The minimum absolute atomic E-state index is 0.0475. The Bertz CT molecular complexity index is 482. The summed E-state index contributed by atoms with van der Waals surface area (Å²) < 4.78 is 1.63. The Morgan fingerprint density at radius 2 is 2.11 bits per heavy atom. The van der Waals surface area contributed by atoms with Crippen molar-refractivity contribution in [2.45, 2.75) is 37.8 Å². The number of rotatable bonds is 2. The number of hydrogen-bond donors (Lipinski definition) is 1. The maximum absolute atomic E-state index is 11.4. The van der Waals surface area contributed by atoms with Crippen LogP contribution in [0.1, 0.15) is 25.7 Å². The summed E-state index contributed by atoms with van der Waals surface area (Å²) in [6.07, 6.45) is 7.13. The van der Waals surface area contributed by atoms with E-state index in [2.05, 4.69) is 10.2 Å². The van der Waals surface area contributed by atoms with Crippen LogP contribution in [-0.4, -0.2) is 34.6 Å². The molecule has 3 heterocycles. The molecular weight excluding hydrogens is 226 g/mol. The van der Waals surface area contributed by atoms with Crippen molar-refractivity contribution in [1.29, 1.82) is 0 Å². The Kier molecular flexibility index (Phi) is 3.12. The maximum Gasteiger partial charge on any atom is 0.250 e. The van der Waals surface area contributed by atoms with E-state index >= 15 is 0 Å². The first-order valence-corrected chi connectivity index (χ1v) is 6.91. The third kappa shape index (κ3) is 2.17. The summed E-state index contributed by atoms with van der Waals surface area (Å²) in [6, 6.07) is 4.77. The van der Waals surface area contributed by atoms with Crippen LogP contribution in [0, 0.1) is 0 Å². The predicted molar refractivity (Wildman–Crippen MR) is 72.9 cm³/mol. The third-order valence-electron chi connectivity index (χ3n) is 4.29.